The summed E-state index contributed by atoms with van der Waals surface area (Å²) in [6.45, 7) is 2.26. The zero-order valence-corrected chi connectivity index (χ0v) is 15.2. The van der Waals surface area contributed by atoms with Gasteiger partial charge in [0, 0.05) is 6.54 Å². The number of rotatable bonds is 6. The average Bonchev–Trinajstić information content (AvgIpc) is 2.61. The van der Waals surface area contributed by atoms with Crippen LogP contribution >= 0.6 is 0 Å². The number of fused-ring (bicyclic) bond motifs is 1. The molecular formula is C20H28N2O3. The second-order valence-electron chi connectivity index (χ2n) is 7.18. The number of carbonyl (C=O) groups is 1. The molecule has 2 aliphatic rings. The molecule has 136 valence electrons. The Balaban J connectivity index is 1.64. The van der Waals surface area contributed by atoms with Crippen LogP contribution in [0.1, 0.15) is 19.3 Å². The maximum Gasteiger partial charge on any atom is 0.236 e. The Morgan fingerprint density at radius 2 is 1.96 bits per heavy atom. The van der Waals surface area contributed by atoms with Crippen molar-refractivity contribution in [3.8, 4) is 11.5 Å². The van der Waals surface area contributed by atoms with Gasteiger partial charge >= 0.3 is 0 Å². The minimum Gasteiger partial charge on any atom is -0.486 e. The summed E-state index contributed by atoms with van der Waals surface area (Å²) in [6, 6.07) is 7.70. The molecule has 5 nitrogen and oxygen atoms in total. The third-order valence-corrected chi connectivity index (χ3v) is 4.65. The second kappa shape index (κ2) is 8.39. The molecular weight excluding hydrogens is 316 g/mol. The molecule has 1 aromatic carbocycles. The summed E-state index contributed by atoms with van der Waals surface area (Å²) in [7, 11) is 3.85. The fraction of sp³-hybridized carbons (Fsp3) is 0.550. The number of hydrogen-bond donors (Lipinski definition) is 0. The van der Waals surface area contributed by atoms with Crippen LogP contribution in [-0.4, -0.2) is 62.1 Å². The van der Waals surface area contributed by atoms with Crippen molar-refractivity contribution in [1.82, 2.24) is 9.80 Å². The highest BCUT2D eigenvalue weighted by Gasteiger charge is 2.27. The Morgan fingerprint density at radius 3 is 2.68 bits per heavy atom. The van der Waals surface area contributed by atoms with Crippen molar-refractivity contribution in [2.24, 2.45) is 5.92 Å². The van der Waals surface area contributed by atoms with Crippen molar-refractivity contribution in [3.05, 3.63) is 36.4 Å². The normalized spacial score (nSPS) is 22.0. The minimum atomic E-state index is -0.125. The SMILES string of the molecule is CN(C)CC(=O)N(C[C@H]1CC=CCC1)C[C@H]1COc2ccccc2O1. The van der Waals surface area contributed by atoms with Crippen LogP contribution in [0.4, 0.5) is 0 Å². The van der Waals surface area contributed by atoms with E-state index in [1.54, 1.807) is 0 Å². The van der Waals surface area contributed by atoms with Crippen molar-refractivity contribution in [2.45, 2.75) is 25.4 Å². The van der Waals surface area contributed by atoms with Crippen LogP contribution in [0.5, 0.6) is 11.5 Å². The maximum absolute atomic E-state index is 12.7. The molecule has 0 unspecified atom stereocenters. The number of benzene rings is 1. The number of para-hydroxylation sites is 2. The van der Waals surface area contributed by atoms with Crippen LogP contribution in [0, 0.1) is 5.92 Å². The zero-order valence-electron chi connectivity index (χ0n) is 15.2. The summed E-state index contributed by atoms with van der Waals surface area (Å²) >= 11 is 0. The molecule has 1 amide bonds. The molecule has 0 saturated heterocycles. The molecule has 0 radical (unpaired) electrons. The number of amides is 1. The Kier molecular flexibility index (Phi) is 5.97. The van der Waals surface area contributed by atoms with E-state index < -0.39 is 0 Å². The van der Waals surface area contributed by atoms with Gasteiger partial charge in [0.1, 0.15) is 6.61 Å². The third kappa shape index (κ3) is 4.98. The number of nitrogens with zero attached hydrogens (tertiary/aromatic N) is 2. The van der Waals surface area contributed by atoms with Gasteiger partial charge in [-0.15, -0.1) is 0 Å². The van der Waals surface area contributed by atoms with Crippen LogP contribution in [0.25, 0.3) is 0 Å². The second-order valence-corrected chi connectivity index (χ2v) is 7.18. The van der Waals surface area contributed by atoms with Crippen molar-refractivity contribution < 1.29 is 14.3 Å². The molecule has 1 heterocycles. The van der Waals surface area contributed by atoms with Crippen molar-refractivity contribution >= 4 is 5.91 Å². The fourth-order valence-corrected chi connectivity index (χ4v) is 3.38. The highest BCUT2D eigenvalue weighted by Crippen LogP contribution is 2.31. The van der Waals surface area contributed by atoms with E-state index in [-0.39, 0.29) is 12.0 Å². The lowest BCUT2D eigenvalue weighted by Crippen LogP contribution is -2.48. The van der Waals surface area contributed by atoms with Gasteiger partial charge in [-0.1, -0.05) is 24.3 Å². The third-order valence-electron chi connectivity index (χ3n) is 4.65. The van der Waals surface area contributed by atoms with E-state index in [1.807, 2.05) is 48.2 Å². The van der Waals surface area contributed by atoms with Gasteiger partial charge in [0.05, 0.1) is 13.1 Å². The van der Waals surface area contributed by atoms with E-state index in [1.165, 1.54) is 0 Å². The number of hydrogen-bond acceptors (Lipinski definition) is 4. The summed E-state index contributed by atoms with van der Waals surface area (Å²) in [5.41, 5.74) is 0. The zero-order chi connectivity index (χ0) is 17.6. The largest absolute Gasteiger partial charge is 0.486 e. The smallest absolute Gasteiger partial charge is 0.236 e. The summed E-state index contributed by atoms with van der Waals surface area (Å²) < 4.78 is 11.9. The predicted molar refractivity (Wildman–Crippen MR) is 98.0 cm³/mol. The molecule has 0 N–H and O–H groups in total. The summed E-state index contributed by atoms with van der Waals surface area (Å²) in [6.07, 6.45) is 7.65. The molecule has 0 fully saturated rings. The van der Waals surface area contributed by atoms with Crippen LogP contribution in [0.15, 0.2) is 36.4 Å². The van der Waals surface area contributed by atoms with Gasteiger partial charge in [-0.3, -0.25) is 4.79 Å². The first-order valence-corrected chi connectivity index (χ1v) is 9.08. The quantitative estimate of drug-likeness (QED) is 0.744. The Bertz CT molecular complexity index is 615. The molecule has 2 atom stereocenters. The molecule has 25 heavy (non-hydrogen) atoms. The van der Waals surface area contributed by atoms with Gasteiger partial charge in [-0.2, -0.15) is 0 Å². The number of allylic oxidation sites excluding steroid dienone is 2. The van der Waals surface area contributed by atoms with E-state index in [0.717, 1.165) is 37.3 Å². The number of carbonyl (C=O) groups excluding carboxylic acids is 1. The average molecular weight is 344 g/mol. The number of likely N-dealkylation sites (N-methyl/N-ethyl adjacent to an activating group) is 1. The van der Waals surface area contributed by atoms with Gasteiger partial charge < -0.3 is 19.3 Å². The fourth-order valence-electron chi connectivity index (χ4n) is 3.38. The molecule has 3 rings (SSSR count). The molecule has 0 spiro atoms. The molecule has 1 aliphatic carbocycles. The van der Waals surface area contributed by atoms with Gasteiger partial charge in [0.25, 0.3) is 0 Å². The van der Waals surface area contributed by atoms with Crippen LogP contribution in [0.3, 0.4) is 0 Å². The summed E-state index contributed by atoms with van der Waals surface area (Å²) in [5.74, 6) is 2.23. The first kappa shape index (κ1) is 17.8. The van der Waals surface area contributed by atoms with Gasteiger partial charge in [0.15, 0.2) is 17.6 Å². The van der Waals surface area contributed by atoms with E-state index in [2.05, 4.69) is 12.2 Å². The first-order valence-electron chi connectivity index (χ1n) is 9.08. The number of ether oxygens (including phenoxy) is 2. The lowest BCUT2D eigenvalue weighted by atomic mass is 9.94. The van der Waals surface area contributed by atoms with Crippen LogP contribution in [-0.2, 0) is 4.79 Å². The van der Waals surface area contributed by atoms with E-state index >= 15 is 0 Å². The van der Waals surface area contributed by atoms with Crippen LogP contribution in [0.2, 0.25) is 0 Å². The van der Waals surface area contributed by atoms with E-state index in [4.69, 9.17) is 9.47 Å². The van der Waals surface area contributed by atoms with Crippen molar-refractivity contribution in [2.75, 3.05) is 40.3 Å². The van der Waals surface area contributed by atoms with E-state index in [9.17, 15) is 4.79 Å². The van der Waals surface area contributed by atoms with Crippen molar-refractivity contribution in [1.29, 1.82) is 0 Å². The highest BCUT2D eigenvalue weighted by molar-refractivity contribution is 5.78. The van der Waals surface area contributed by atoms with Gasteiger partial charge in [-0.05, 0) is 51.4 Å². The van der Waals surface area contributed by atoms with Crippen LogP contribution < -0.4 is 9.47 Å². The Labute approximate surface area is 150 Å². The standard InChI is InChI=1S/C20H28N2O3/c1-21(2)14-20(23)22(12-16-8-4-3-5-9-16)13-17-15-24-18-10-6-7-11-19(18)25-17/h3-4,6-7,10-11,16-17H,5,8-9,12-15H2,1-2H3/t16-,17-/m0/s1. The highest BCUT2D eigenvalue weighted by atomic mass is 16.6. The summed E-state index contributed by atoms with van der Waals surface area (Å²) in [5, 5.41) is 0. The molecule has 5 heteroatoms. The van der Waals surface area contributed by atoms with Gasteiger partial charge in [0.2, 0.25) is 5.91 Å². The maximum atomic E-state index is 12.7. The Hall–Kier alpha value is -2.01. The topological polar surface area (TPSA) is 42.0 Å². The van der Waals surface area contributed by atoms with Gasteiger partial charge in [-0.25, -0.2) is 0 Å². The molecule has 0 bridgehead atoms. The predicted octanol–water partition coefficient (Wildman–Crippen LogP) is 2.57. The summed E-state index contributed by atoms with van der Waals surface area (Å²) in [4.78, 5) is 16.6. The molecule has 0 aromatic heterocycles. The Morgan fingerprint density at radius 1 is 1.16 bits per heavy atom. The monoisotopic (exact) mass is 344 g/mol. The first-order chi connectivity index (χ1) is 12.1. The van der Waals surface area contributed by atoms with Crippen molar-refractivity contribution in [3.63, 3.8) is 0 Å². The minimum absolute atomic E-state index is 0.125. The molecule has 1 aliphatic heterocycles. The van der Waals surface area contributed by atoms with E-state index in [0.29, 0.717) is 25.6 Å². The molecule has 1 aromatic rings. The molecule has 0 saturated carbocycles. The lowest BCUT2D eigenvalue weighted by Gasteiger charge is -2.34. The lowest BCUT2D eigenvalue weighted by molar-refractivity contribution is -0.134.